The van der Waals surface area contributed by atoms with Crippen molar-refractivity contribution in [2.45, 2.75) is 20.8 Å². The van der Waals surface area contributed by atoms with Crippen LogP contribution in [0.1, 0.15) is 37.7 Å². The number of allylic oxidation sites excluding steroid dienone is 2. The minimum Gasteiger partial charge on any atom is -0.310 e. The fourth-order valence-corrected chi connectivity index (χ4v) is 2.60. The Morgan fingerprint density at radius 2 is 1.91 bits per heavy atom. The molecule has 2 rings (SSSR count). The summed E-state index contributed by atoms with van der Waals surface area (Å²) in [5.74, 6) is 0. The topological polar surface area (TPSA) is 17.3 Å². The van der Waals surface area contributed by atoms with Crippen LogP contribution in [0.5, 0.6) is 0 Å². The molecule has 1 aromatic carbocycles. The minimum absolute atomic E-state index is 0.721. The lowest BCUT2D eigenvalue weighted by Gasteiger charge is -2.12. The quantitative estimate of drug-likeness (QED) is 0.578. The van der Waals surface area contributed by atoms with Gasteiger partial charge in [0.25, 0.3) is 0 Å². The Kier molecular flexibility index (Phi) is 5.78. The summed E-state index contributed by atoms with van der Waals surface area (Å²) < 4.78 is 2.18. The smallest absolute Gasteiger partial charge is 0.0528 e. The van der Waals surface area contributed by atoms with E-state index in [0.717, 1.165) is 33.2 Å². The third-order valence-electron chi connectivity index (χ3n) is 3.52. The summed E-state index contributed by atoms with van der Waals surface area (Å²) in [4.78, 5) is 4.24. The van der Waals surface area contributed by atoms with E-state index in [1.165, 1.54) is 0 Å². The molecular formula is C20H21ClN2. The molecule has 0 amide bonds. The summed E-state index contributed by atoms with van der Waals surface area (Å²) in [6.45, 7) is 9.95. The maximum atomic E-state index is 6.03. The van der Waals surface area contributed by atoms with Gasteiger partial charge in [0, 0.05) is 28.7 Å². The van der Waals surface area contributed by atoms with Crippen molar-refractivity contribution in [1.82, 2.24) is 4.57 Å². The zero-order valence-corrected chi connectivity index (χ0v) is 14.5. The lowest BCUT2D eigenvalue weighted by atomic mass is 10.2. The number of benzene rings is 1. The van der Waals surface area contributed by atoms with Crippen LogP contribution in [0.4, 0.5) is 0 Å². The molecule has 2 aromatic rings. The third-order valence-corrected chi connectivity index (χ3v) is 3.77. The summed E-state index contributed by atoms with van der Waals surface area (Å²) in [6, 6.07) is 9.96. The Labute approximate surface area is 143 Å². The average molecular weight is 325 g/mol. The predicted octanol–water partition coefficient (Wildman–Crippen LogP) is 6.26. The van der Waals surface area contributed by atoms with Crippen molar-refractivity contribution in [2.75, 3.05) is 0 Å². The summed E-state index contributed by atoms with van der Waals surface area (Å²) in [7, 11) is 0. The van der Waals surface area contributed by atoms with Crippen LogP contribution in [0.25, 0.3) is 23.4 Å². The van der Waals surface area contributed by atoms with Crippen LogP contribution in [-0.2, 0) is 0 Å². The summed E-state index contributed by atoms with van der Waals surface area (Å²) in [5, 5.41) is 0.721. The molecule has 3 heteroatoms. The molecule has 2 nitrogen and oxygen atoms in total. The molecule has 0 aliphatic heterocycles. The molecule has 0 saturated carbocycles. The van der Waals surface area contributed by atoms with E-state index in [1.807, 2.05) is 56.5 Å². The lowest BCUT2D eigenvalue weighted by molar-refractivity contribution is 1.03. The van der Waals surface area contributed by atoms with Gasteiger partial charge < -0.3 is 4.57 Å². The van der Waals surface area contributed by atoms with Crippen LogP contribution in [-0.4, -0.2) is 10.8 Å². The summed E-state index contributed by atoms with van der Waals surface area (Å²) in [6.07, 6.45) is 9.64. The van der Waals surface area contributed by atoms with Crippen molar-refractivity contribution in [1.29, 1.82) is 0 Å². The first kappa shape index (κ1) is 17.0. The van der Waals surface area contributed by atoms with Gasteiger partial charge in [-0.2, -0.15) is 0 Å². The number of halogens is 1. The van der Waals surface area contributed by atoms with Gasteiger partial charge in [-0.15, -0.1) is 0 Å². The summed E-state index contributed by atoms with van der Waals surface area (Å²) in [5.41, 5.74) is 5.38. The first-order chi connectivity index (χ1) is 11.1. The number of rotatable bonds is 5. The average Bonchev–Trinajstić information content (AvgIpc) is 2.92. The first-order valence-corrected chi connectivity index (χ1v) is 7.92. The standard InChI is InChI=1S/C20H21ClN2/c1-5-8-16-13-20(15(4)14-22-7-3)23(19(16)6-2)18-11-9-17(21)10-12-18/h5-14H,2H2,1,3-4H3/b8-5-,15-14+,22-7-. The van der Waals surface area contributed by atoms with E-state index in [1.54, 1.807) is 6.21 Å². The van der Waals surface area contributed by atoms with Crippen molar-refractivity contribution < 1.29 is 0 Å². The van der Waals surface area contributed by atoms with Crippen LogP contribution in [0, 0.1) is 0 Å². The molecular weight excluding hydrogens is 304 g/mol. The fraction of sp³-hybridized carbons (Fsp3) is 0.150. The molecule has 0 atom stereocenters. The number of nitrogens with zero attached hydrogens (tertiary/aromatic N) is 2. The van der Waals surface area contributed by atoms with Gasteiger partial charge in [-0.05, 0) is 62.8 Å². The zero-order chi connectivity index (χ0) is 16.8. The highest BCUT2D eigenvalue weighted by atomic mass is 35.5. The molecule has 0 saturated heterocycles. The molecule has 23 heavy (non-hydrogen) atoms. The van der Waals surface area contributed by atoms with Gasteiger partial charge in [0.2, 0.25) is 0 Å². The molecule has 1 heterocycles. The van der Waals surface area contributed by atoms with Crippen LogP contribution < -0.4 is 0 Å². The van der Waals surface area contributed by atoms with E-state index in [-0.39, 0.29) is 0 Å². The van der Waals surface area contributed by atoms with Gasteiger partial charge in [-0.25, -0.2) is 0 Å². The molecule has 0 bridgehead atoms. The molecule has 0 spiro atoms. The Bertz CT molecular complexity index is 775. The van der Waals surface area contributed by atoms with Crippen LogP contribution in [0.15, 0.2) is 54.2 Å². The largest absolute Gasteiger partial charge is 0.310 e. The Balaban J connectivity index is 2.74. The highest BCUT2D eigenvalue weighted by molar-refractivity contribution is 6.30. The number of hydrogen-bond acceptors (Lipinski definition) is 1. The Hall–Kier alpha value is -2.32. The predicted molar refractivity (Wildman–Crippen MR) is 103 cm³/mol. The van der Waals surface area contributed by atoms with Crippen LogP contribution in [0.2, 0.25) is 5.02 Å². The highest BCUT2D eigenvalue weighted by Crippen LogP contribution is 2.29. The van der Waals surface area contributed by atoms with E-state index in [9.17, 15) is 0 Å². The van der Waals surface area contributed by atoms with Gasteiger partial charge in [-0.3, -0.25) is 4.99 Å². The molecule has 118 valence electrons. The van der Waals surface area contributed by atoms with E-state index in [0.29, 0.717) is 0 Å². The van der Waals surface area contributed by atoms with Crippen LogP contribution in [0.3, 0.4) is 0 Å². The minimum atomic E-state index is 0.721. The van der Waals surface area contributed by atoms with Crippen molar-refractivity contribution in [2.24, 2.45) is 4.99 Å². The molecule has 0 unspecified atom stereocenters. The third kappa shape index (κ3) is 3.72. The molecule has 0 aliphatic rings. The van der Waals surface area contributed by atoms with E-state index in [4.69, 9.17) is 11.6 Å². The van der Waals surface area contributed by atoms with Crippen molar-refractivity contribution in [3.8, 4) is 5.69 Å². The summed E-state index contributed by atoms with van der Waals surface area (Å²) >= 11 is 6.03. The van der Waals surface area contributed by atoms with Crippen molar-refractivity contribution >= 4 is 35.5 Å². The Morgan fingerprint density at radius 3 is 2.48 bits per heavy atom. The second-order valence-electron chi connectivity index (χ2n) is 5.11. The maximum Gasteiger partial charge on any atom is 0.0528 e. The van der Waals surface area contributed by atoms with Gasteiger partial charge in [0.1, 0.15) is 0 Å². The number of hydrogen-bond donors (Lipinski definition) is 0. The first-order valence-electron chi connectivity index (χ1n) is 7.54. The van der Waals surface area contributed by atoms with E-state index >= 15 is 0 Å². The molecule has 0 radical (unpaired) electrons. The molecule has 0 N–H and O–H groups in total. The van der Waals surface area contributed by atoms with E-state index < -0.39 is 0 Å². The maximum absolute atomic E-state index is 6.03. The van der Waals surface area contributed by atoms with E-state index in [2.05, 4.69) is 35.2 Å². The van der Waals surface area contributed by atoms with Crippen molar-refractivity contribution in [3.63, 3.8) is 0 Å². The molecule has 0 fully saturated rings. The highest BCUT2D eigenvalue weighted by Gasteiger charge is 2.14. The van der Waals surface area contributed by atoms with Crippen molar-refractivity contribution in [3.05, 3.63) is 71.2 Å². The van der Waals surface area contributed by atoms with Gasteiger partial charge >= 0.3 is 0 Å². The van der Waals surface area contributed by atoms with Gasteiger partial charge in [0.05, 0.1) is 11.4 Å². The Morgan fingerprint density at radius 1 is 1.22 bits per heavy atom. The second-order valence-corrected chi connectivity index (χ2v) is 5.54. The normalized spacial score (nSPS) is 12.4. The molecule has 1 aromatic heterocycles. The number of aromatic nitrogens is 1. The second kappa shape index (κ2) is 7.80. The fourth-order valence-electron chi connectivity index (χ4n) is 2.48. The zero-order valence-electron chi connectivity index (χ0n) is 13.8. The van der Waals surface area contributed by atoms with Gasteiger partial charge in [-0.1, -0.05) is 30.3 Å². The molecule has 0 aliphatic carbocycles. The lowest BCUT2D eigenvalue weighted by Crippen LogP contribution is -2.01. The monoisotopic (exact) mass is 324 g/mol. The number of aliphatic imine (C=N–C) groups is 1. The SMILES string of the molecule is C=Cc1c(/C=C\C)cc(/C(C)=C/N=C\C)n1-c1ccc(Cl)cc1. The van der Waals surface area contributed by atoms with Crippen LogP contribution >= 0.6 is 11.6 Å². The van der Waals surface area contributed by atoms with Gasteiger partial charge in [0.15, 0.2) is 0 Å².